The number of hydrogen-bond donors (Lipinski definition) is 1. The normalized spacial score (nSPS) is 11.4. The van der Waals surface area contributed by atoms with Gasteiger partial charge in [-0.25, -0.2) is 17.5 Å². The fourth-order valence-corrected chi connectivity index (χ4v) is 3.07. The van der Waals surface area contributed by atoms with Gasteiger partial charge in [0.25, 0.3) is 10.0 Å². The van der Waals surface area contributed by atoms with Crippen LogP contribution >= 0.6 is 11.6 Å². The van der Waals surface area contributed by atoms with Crippen molar-refractivity contribution in [3.63, 3.8) is 0 Å². The second-order valence-corrected chi connectivity index (χ2v) is 6.75. The van der Waals surface area contributed by atoms with Crippen LogP contribution in [0.15, 0.2) is 64.1 Å². The molecule has 0 aliphatic carbocycles. The maximum absolute atomic E-state index is 12.9. The number of rotatable bonds is 4. The zero-order valence-corrected chi connectivity index (χ0v) is 13.1. The fourth-order valence-electron chi connectivity index (χ4n) is 1.94. The van der Waals surface area contributed by atoms with E-state index in [-0.39, 0.29) is 10.8 Å². The highest BCUT2D eigenvalue weighted by atomic mass is 35.5. The molecule has 118 valence electrons. The molecule has 0 bridgehead atoms. The van der Waals surface area contributed by atoms with E-state index in [4.69, 9.17) is 16.1 Å². The molecule has 0 atom stereocenters. The molecule has 0 unspecified atom stereocenters. The summed E-state index contributed by atoms with van der Waals surface area (Å²) in [5.41, 5.74) is 1.15. The van der Waals surface area contributed by atoms with Crippen LogP contribution in [0.1, 0.15) is 0 Å². The second-order valence-electron chi connectivity index (χ2n) is 4.63. The third-order valence-corrected chi connectivity index (χ3v) is 4.68. The molecule has 2 aromatic carbocycles. The maximum atomic E-state index is 12.9. The van der Waals surface area contributed by atoms with Gasteiger partial charge in [0.2, 0.25) is 5.88 Å². The summed E-state index contributed by atoms with van der Waals surface area (Å²) in [7, 11) is -3.92. The minimum Gasteiger partial charge on any atom is -0.337 e. The van der Waals surface area contributed by atoms with E-state index in [9.17, 15) is 12.8 Å². The zero-order valence-electron chi connectivity index (χ0n) is 11.5. The first kappa shape index (κ1) is 15.5. The van der Waals surface area contributed by atoms with E-state index in [1.165, 1.54) is 6.20 Å². The fraction of sp³-hybridized carbons (Fsp3) is 0. The summed E-state index contributed by atoms with van der Waals surface area (Å²) >= 11 is 5.83. The summed E-state index contributed by atoms with van der Waals surface area (Å²) in [6, 6.07) is 11.2. The van der Waals surface area contributed by atoms with Crippen molar-refractivity contribution in [3.05, 3.63) is 65.6 Å². The molecule has 1 N–H and O–H groups in total. The molecule has 0 radical (unpaired) electrons. The number of halogens is 2. The van der Waals surface area contributed by atoms with Crippen LogP contribution in [-0.2, 0) is 10.0 Å². The van der Waals surface area contributed by atoms with Gasteiger partial charge in [-0.05, 0) is 42.0 Å². The summed E-state index contributed by atoms with van der Waals surface area (Å²) in [5.74, 6) is -0.554. The molecule has 23 heavy (non-hydrogen) atoms. The maximum Gasteiger partial charge on any atom is 0.264 e. The largest absolute Gasteiger partial charge is 0.337 e. The minimum atomic E-state index is -3.92. The molecule has 5 nitrogen and oxygen atoms in total. The molecule has 3 rings (SSSR count). The molecule has 0 amide bonds. The zero-order chi connectivity index (χ0) is 16.4. The predicted octanol–water partition coefficient (Wildman–Crippen LogP) is 3.93. The third kappa shape index (κ3) is 3.35. The van der Waals surface area contributed by atoms with Gasteiger partial charge in [0.15, 0.2) is 0 Å². The Morgan fingerprint density at radius 2 is 1.70 bits per heavy atom. The molecule has 1 aromatic heterocycles. The van der Waals surface area contributed by atoms with Crippen LogP contribution in [0.4, 0.5) is 10.3 Å². The van der Waals surface area contributed by atoms with Crippen LogP contribution in [0.2, 0.25) is 5.02 Å². The number of aromatic nitrogens is 1. The second kappa shape index (κ2) is 6.02. The molecular formula is C15H10ClFN2O3S. The third-order valence-electron chi connectivity index (χ3n) is 3.08. The number of benzene rings is 2. The van der Waals surface area contributed by atoms with Gasteiger partial charge in [0.1, 0.15) is 5.82 Å². The van der Waals surface area contributed by atoms with E-state index < -0.39 is 15.8 Å². The first-order valence-corrected chi connectivity index (χ1v) is 8.31. The van der Waals surface area contributed by atoms with Gasteiger partial charge in [-0.3, -0.25) is 0 Å². The van der Waals surface area contributed by atoms with Crippen molar-refractivity contribution in [1.29, 1.82) is 0 Å². The molecule has 0 aliphatic heterocycles. The van der Waals surface area contributed by atoms with Gasteiger partial charge in [0.05, 0.1) is 16.7 Å². The van der Waals surface area contributed by atoms with Gasteiger partial charge in [0, 0.05) is 5.02 Å². The lowest BCUT2D eigenvalue weighted by atomic mass is 10.1. The minimum absolute atomic E-state index is 0.0309. The highest BCUT2D eigenvalue weighted by Gasteiger charge is 2.20. The van der Waals surface area contributed by atoms with Crippen molar-refractivity contribution in [2.45, 2.75) is 4.90 Å². The molecule has 0 saturated carbocycles. The Morgan fingerprint density at radius 3 is 2.35 bits per heavy atom. The lowest BCUT2D eigenvalue weighted by molar-refractivity contribution is 0.435. The highest BCUT2D eigenvalue weighted by Crippen LogP contribution is 2.30. The molecule has 3 aromatic rings. The van der Waals surface area contributed by atoms with Gasteiger partial charge in [-0.15, -0.1) is 0 Å². The topological polar surface area (TPSA) is 72.2 Å². The standard InChI is InChI=1S/C15H10ClFN2O3S/c16-11-3-1-10(2-4-11)14-9-18-22-15(14)19-23(20,21)13-7-5-12(17)6-8-13/h1-9,19H. The Balaban J connectivity index is 1.93. The summed E-state index contributed by atoms with van der Waals surface area (Å²) in [6.45, 7) is 0. The number of nitrogens with zero attached hydrogens (tertiary/aromatic N) is 1. The summed E-state index contributed by atoms with van der Waals surface area (Å²) in [4.78, 5) is -0.0858. The Labute approximate surface area is 136 Å². The van der Waals surface area contributed by atoms with Crippen molar-refractivity contribution < 1.29 is 17.3 Å². The highest BCUT2D eigenvalue weighted by molar-refractivity contribution is 7.92. The van der Waals surface area contributed by atoms with Crippen molar-refractivity contribution in [2.75, 3.05) is 4.72 Å². The predicted molar refractivity (Wildman–Crippen MR) is 84.2 cm³/mol. The first-order chi connectivity index (χ1) is 11.0. The average molecular weight is 353 g/mol. The quantitative estimate of drug-likeness (QED) is 0.772. The van der Waals surface area contributed by atoms with Gasteiger partial charge in [-0.1, -0.05) is 28.9 Å². The summed E-state index contributed by atoms with van der Waals surface area (Å²) < 4.78 is 44.8. The Hall–Kier alpha value is -2.38. The Morgan fingerprint density at radius 1 is 1.04 bits per heavy atom. The smallest absolute Gasteiger partial charge is 0.264 e. The molecule has 0 spiro atoms. The van der Waals surface area contributed by atoms with E-state index >= 15 is 0 Å². The van der Waals surface area contributed by atoms with Crippen molar-refractivity contribution >= 4 is 27.5 Å². The SMILES string of the molecule is O=S(=O)(Nc1oncc1-c1ccc(Cl)cc1)c1ccc(F)cc1. The molecule has 8 heteroatoms. The molecule has 0 aliphatic rings. The monoisotopic (exact) mass is 352 g/mol. The first-order valence-electron chi connectivity index (χ1n) is 6.45. The van der Waals surface area contributed by atoms with E-state index in [2.05, 4.69) is 9.88 Å². The molecule has 0 fully saturated rings. The van der Waals surface area contributed by atoms with Crippen molar-refractivity contribution in [3.8, 4) is 11.1 Å². The van der Waals surface area contributed by atoms with Crippen LogP contribution < -0.4 is 4.72 Å². The number of anilines is 1. The Kier molecular flexibility index (Phi) is 4.06. The van der Waals surface area contributed by atoms with Crippen LogP contribution in [0, 0.1) is 5.82 Å². The molecular weight excluding hydrogens is 343 g/mol. The lowest BCUT2D eigenvalue weighted by Gasteiger charge is -2.07. The number of sulfonamides is 1. The van der Waals surface area contributed by atoms with Crippen LogP contribution in [0.5, 0.6) is 0 Å². The van der Waals surface area contributed by atoms with Crippen molar-refractivity contribution in [1.82, 2.24) is 5.16 Å². The van der Waals surface area contributed by atoms with Gasteiger partial charge < -0.3 is 4.52 Å². The lowest BCUT2D eigenvalue weighted by Crippen LogP contribution is -2.13. The van der Waals surface area contributed by atoms with E-state index in [0.717, 1.165) is 24.3 Å². The van der Waals surface area contributed by atoms with E-state index in [1.807, 2.05) is 0 Å². The van der Waals surface area contributed by atoms with Crippen molar-refractivity contribution in [2.24, 2.45) is 0 Å². The molecule has 0 saturated heterocycles. The summed E-state index contributed by atoms with van der Waals surface area (Å²) in [5, 5.41) is 4.17. The Bertz CT molecular complexity index is 922. The van der Waals surface area contributed by atoms with E-state index in [0.29, 0.717) is 16.1 Å². The number of nitrogens with one attached hydrogen (secondary N) is 1. The van der Waals surface area contributed by atoms with Gasteiger partial charge >= 0.3 is 0 Å². The van der Waals surface area contributed by atoms with Crippen LogP contribution in [0.3, 0.4) is 0 Å². The van der Waals surface area contributed by atoms with E-state index in [1.54, 1.807) is 24.3 Å². The average Bonchev–Trinajstić information content (AvgIpc) is 2.96. The van der Waals surface area contributed by atoms with Crippen LogP contribution in [-0.4, -0.2) is 13.6 Å². The van der Waals surface area contributed by atoms with Crippen LogP contribution in [0.25, 0.3) is 11.1 Å². The van der Waals surface area contributed by atoms with Gasteiger partial charge in [-0.2, -0.15) is 0 Å². The summed E-state index contributed by atoms with van der Waals surface area (Å²) in [6.07, 6.45) is 1.39. The molecule has 1 heterocycles. The number of hydrogen-bond acceptors (Lipinski definition) is 4.